The molecule has 0 fully saturated rings. The highest BCUT2D eigenvalue weighted by Crippen LogP contribution is 2.21. The summed E-state index contributed by atoms with van der Waals surface area (Å²) >= 11 is 0. The Morgan fingerprint density at radius 1 is 1.09 bits per heavy atom. The smallest absolute Gasteiger partial charge is 0.258 e. The molecular weight excluding hydrogens is 290 g/mol. The van der Waals surface area contributed by atoms with Gasteiger partial charge < -0.3 is 10.3 Å². The van der Waals surface area contributed by atoms with Crippen LogP contribution in [0.25, 0.3) is 22.2 Å². The second-order valence-corrected chi connectivity index (χ2v) is 5.10. The molecular formula is C17H13N5O. The summed E-state index contributed by atoms with van der Waals surface area (Å²) in [6.45, 7) is 0. The first-order valence-electron chi connectivity index (χ1n) is 7.14. The fourth-order valence-corrected chi connectivity index (χ4v) is 2.52. The zero-order valence-electron chi connectivity index (χ0n) is 12.1. The number of aromatic amines is 2. The molecule has 23 heavy (non-hydrogen) atoms. The largest absolute Gasteiger partial charge is 0.361 e. The minimum atomic E-state index is -0.203. The van der Waals surface area contributed by atoms with Gasteiger partial charge in [0.1, 0.15) is 0 Å². The van der Waals surface area contributed by atoms with E-state index < -0.39 is 0 Å². The van der Waals surface area contributed by atoms with Gasteiger partial charge in [-0.15, -0.1) is 0 Å². The zero-order chi connectivity index (χ0) is 15.6. The molecule has 4 aromatic rings. The lowest BCUT2D eigenvalue weighted by Gasteiger charge is -2.03. The van der Waals surface area contributed by atoms with Crippen LogP contribution in [0.2, 0.25) is 0 Å². The van der Waals surface area contributed by atoms with Gasteiger partial charge in [-0.2, -0.15) is 5.10 Å². The number of hydrogen-bond acceptors (Lipinski definition) is 3. The van der Waals surface area contributed by atoms with Crippen molar-refractivity contribution >= 4 is 22.6 Å². The van der Waals surface area contributed by atoms with Crippen LogP contribution >= 0.6 is 0 Å². The number of H-pyrrole nitrogens is 2. The van der Waals surface area contributed by atoms with Gasteiger partial charge in [0.2, 0.25) is 0 Å². The highest BCUT2D eigenvalue weighted by atomic mass is 16.1. The lowest BCUT2D eigenvalue weighted by atomic mass is 10.1. The van der Waals surface area contributed by atoms with E-state index >= 15 is 0 Å². The van der Waals surface area contributed by atoms with Gasteiger partial charge in [-0.25, -0.2) is 0 Å². The van der Waals surface area contributed by atoms with Gasteiger partial charge in [-0.3, -0.25) is 14.9 Å². The fraction of sp³-hybridized carbons (Fsp3) is 0. The average Bonchev–Trinajstić information content (AvgIpc) is 3.24. The first-order chi connectivity index (χ1) is 11.3. The van der Waals surface area contributed by atoms with E-state index in [2.05, 4.69) is 25.5 Å². The quantitative estimate of drug-likeness (QED) is 0.543. The summed E-state index contributed by atoms with van der Waals surface area (Å²) in [5, 5.41) is 10.9. The Hall–Kier alpha value is -3.41. The van der Waals surface area contributed by atoms with Crippen molar-refractivity contribution in [3.63, 3.8) is 0 Å². The Labute approximate surface area is 131 Å². The van der Waals surface area contributed by atoms with Crippen molar-refractivity contribution in [2.75, 3.05) is 5.32 Å². The first-order valence-corrected chi connectivity index (χ1v) is 7.14. The number of rotatable bonds is 3. The van der Waals surface area contributed by atoms with Crippen molar-refractivity contribution in [2.45, 2.75) is 0 Å². The number of carbonyl (C=O) groups excluding carboxylic acids is 1. The average molecular weight is 303 g/mol. The predicted molar refractivity (Wildman–Crippen MR) is 88.1 cm³/mol. The third kappa shape index (κ3) is 2.46. The van der Waals surface area contributed by atoms with Gasteiger partial charge in [-0.1, -0.05) is 12.1 Å². The van der Waals surface area contributed by atoms with Crippen LogP contribution in [0.4, 0.5) is 5.82 Å². The highest BCUT2D eigenvalue weighted by molar-refractivity contribution is 6.11. The summed E-state index contributed by atoms with van der Waals surface area (Å²) in [5.74, 6) is 0.274. The van der Waals surface area contributed by atoms with E-state index in [0.717, 1.165) is 22.2 Å². The van der Waals surface area contributed by atoms with Crippen LogP contribution in [0, 0.1) is 0 Å². The van der Waals surface area contributed by atoms with E-state index in [9.17, 15) is 4.79 Å². The maximum absolute atomic E-state index is 12.5. The van der Waals surface area contributed by atoms with Crippen LogP contribution in [0.5, 0.6) is 0 Å². The van der Waals surface area contributed by atoms with Crippen molar-refractivity contribution in [3.05, 3.63) is 66.6 Å². The van der Waals surface area contributed by atoms with Crippen LogP contribution < -0.4 is 5.32 Å². The fourth-order valence-electron chi connectivity index (χ4n) is 2.52. The Kier molecular flexibility index (Phi) is 3.12. The molecule has 0 radical (unpaired) electrons. The van der Waals surface area contributed by atoms with Crippen LogP contribution in [0.1, 0.15) is 10.4 Å². The first kappa shape index (κ1) is 13.3. The number of pyridine rings is 1. The van der Waals surface area contributed by atoms with Gasteiger partial charge in [0.05, 0.1) is 16.8 Å². The van der Waals surface area contributed by atoms with Crippen molar-refractivity contribution in [3.8, 4) is 11.3 Å². The molecule has 6 nitrogen and oxygen atoms in total. The molecule has 112 valence electrons. The lowest BCUT2D eigenvalue weighted by Crippen LogP contribution is -2.12. The standard InChI is InChI=1S/C17H13N5O/c23-17(13-3-1-2-12-6-9-19-16(12)13)20-15-10-14(21-22-15)11-4-7-18-8-5-11/h1-10,19H,(H2,20,21,22,23). The van der Waals surface area contributed by atoms with E-state index in [-0.39, 0.29) is 5.91 Å². The van der Waals surface area contributed by atoms with E-state index in [1.807, 2.05) is 36.5 Å². The number of benzene rings is 1. The molecule has 3 aromatic heterocycles. The molecule has 1 aromatic carbocycles. The highest BCUT2D eigenvalue weighted by Gasteiger charge is 2.12. The molecule has 6 heteroatoms. The molecule has 1 amide bonds. The van der Waals surface area contributed by atoms with Crippen LogP contribution in [-0.4, -0.2) is 26.1 Å². The van der Waals surface area contributed by atoms with Crippen LogP contribution in [0.3, 0.4) is 0 Å². The van der Waals surface area contributed by atoms with Crippen LogP contribution in [0.15, 0.2) is 61.1 Å². The molecule has 0 aliphatic carbocycles. The maximum atomic E-state index is 12.5. The van der Waals surface area contributed by atoms with E-state index in [0.29, 0.717) is 11.4 Å². The summed E-state index contributed by atoms with van der Waals surface area (Å²) in [4.78, 5) is 19.5. The second kappa shape index (κ2) is 5.42. The van der Waals surface area contributed by atoms with Gasteiger partial charge in [-0.05, 0) is 24.3 Å². The molecule has 0 saturated heterocycles. The molecule has 0 saturated carbocycles. The number of anilines is 1. The van der Waals surface area contributed by atoms with Crippen molar-refractivity contribution in [2.24, 2.45) is 0 Å². The van der Waals surface area contributed by atoms with Gasteiger partial charge in [0, 0.05) is 35.6 Å². The summed E-state index contributed by atoms with van der Waals surface area (Å²) in [6.07, 6.45) is 5.23. The predicted octanol–water partition coefficient (Wildman–Crippen LogP) is 3.21. The Bertz CT molecular complexity index is 971. The van der Waals surface area contributed by atoms with E-state index in [4.69, 9.17) is 0 Å². The normalized spacial score (nSPS) is 10.8. The summed E-state index contributed by atoms with van der Waals surface area (Å²) in [6, 6.07) is 13.1. The molecule has 3 heterocycles. The van der Waals surface area contributed by atoms with Crippen molar-refractivity contribution in [1.82, 2.24) is 20.2 Å². The number of para-hydroxylation sites is 1. The van der Waals surface area contributed by atoms with Gasteiger partial charge >= 0.3 is 0 Å². The van der Waals surface area contributed by atoms with Crippen molar-refractivity contribution in [1.29, 1.82) is 0 Å². The molecule has 4 rings (SSSR count). The monoisotopic (exact) mass is 303 g/mol. The number of hydrogen-bond donors (Lipinski definition) is 3. The SMILES string of the molecule is O=C(Nc1cc(-c2ccncc2)[nH]n1)c1cccc2cc[nH]c12. The number of aromatic nitrogens is 4. The van der Waals surface area contributed by atoms with E-state index in [1.54, 1.807) is 24.5 Å². The molecule has 0 aliphatic rings. The third-order valence-electron chi connectivity index (χ3n) is 3.64. The number of amides is 1. The Morgan fingerprint density at radius 3 is 2.83 bits per heavy atom. The summed E-state index contributed by atoms with van der Waals surface area (Å²) < 4.78 is 0. The number of nitrogens with one attached hydrogen (secondary N) is 3. The van der Waals surface area contributed by atoms with Crippen LogP contribution in [-0.2, 0) is 0 Å². The third-order valence-corrected chi connectivity index (χ3v) is 3.64. The van der Waals surface area contributed by atoms with Gasteiger partial charge in [0.25, 0.3) is 5.91 Å². The number of fused-ring (bicyclic) bond motifs is 1. The Balaban J connectivity index is 1.60. The minimum Gasteiger partial charge on any atom is -0.361 e. The lowest BCUT2D eigenvalue weighted by molar-refractivity contribution is 0.102. The molecule has 0 spiro atoms. The summed E-state index contributed by atoms with van der Waals surface area (Å²) in [7, 11) is 0. The second-order valence-electron chi connectivity index (χ2n) is 5.10. The number of nitrogens with zero attached hydrogens (tertiary/aromatic N) is 2. The minimum absolute atomic E-state index is 0.203. The van der Waals surface area contributed by atoms with Gasteiger partial charge in [0.15, 0.2) is 5.82 Å². The van der Waals surface area contributed by atoms with Crippen molar-refractivity contribution < 1.29 is 4.79 Å². The molecule has 0 bridgehead atoms. The summed E-state index contributed by atoms with van der Waals surface area (Å²) in [5.41, 5.74) is 3.18. The zero-order valence-corrected chi connectivity index (χ0v) is 12.1. The number of carbonyl (C=O) groups is 1. The Morgan fingerprint density at radius 2 is 1.96 bits per heavy atom. The molecule has 0 atom stereocenters. The van der Waals surface area contributed by atoms with E-state index in [1.165, 1.54) is 0 Å². The molecule has 0 unspecified atom stereocenters. The molecule has 0 aliphatic heterocycles. The maximum Gasteiger partial charge on any atom is 0.258 e. The molecule has 3 N–H and O–H groups in total. The topological polar surface area (TPSA) is 86.5 Å².